The first kappa shape index (κ1) is 14.3. The lowest BCUT2D eigenvalue weighted by Gasteiger charge is -2.25. The van der Waals surface area contributed by atoms with E-state index in [4.69, 9.17) is 0 Å². The molecule has 2 aliphatic heterocycles. The lowest BCUT2D eigenvalue weighted by atomic mass is 10.2. The standard InChI is InChI=1S/C15H18N2O3S/c18-13-5-6-14(19)17(13)9-7-15(20)16-8-1-3-11(16)12-4-2-10-21-12/h2,4,10-11H,1,3,5-9H2/t11-/m1/s1. The molecule has 112 valence electrons. The molecule has 0 N–H and O–H groups in total. The molecule has 21 heavy (non-hydrogen) atoms. The number of likely N-dealkylation sites (tertiary alicyclic amines) is 2. The van der Waals surface area contributed by atoms with Gasteiger partial charge in [-0.2, -0.15) is 0 Å². The van der Waals surface area contributed by atoms with Crippen molar-refractivity contribution < 1.29 is 14.4 Å². The van der Waals surface area contributed by atoms with Crippen molar-refractivity contribution in [3.8, 4) is 0 Å². The Hall–Kier alpha value is -1.69. The number of thiophene rings is 1. The molecule has 0 saturated carbocycles. The van der Waals surface area contributed by atoms with Gasteiger partial charge < -0.3 is 4.90 Å². The number of amides is 3. The van der Waals surface area contributed by atoms with E-state index in [1.165, 1.54) is 9.78 Å². The van der Waals surface area contributed by atoms with Crippen LogP contribution in [0.25, 0.3) is 0 Å². The molecule has 2 fully saturated rings. The van der Waals surface area contributed by atoms with E-state index in [1.807, 2.05) is 16.3 Å². The fourth-order valence-electron chi connectivity index (χ4n) is 3.07. The first-order valence-electron chi connectivity index (χ1n) is 7.33. The predicted octanol–water partition coefficient (Wildman–Crippen LogP) is 1.95. The fourth-order valence-corrected chi connectivity index (χ4v) is 3.94. The minimum atomic E-state index is -0.149. The summed E-state index contributed by atoms with van der Waals surface area (Å²) in [5.74, 6) is -0.258. The summed E-state index contributed by atoms with van der Waals surface area (Å²) in [6, 6.07) is 4.24. The Kier molecular flexibility index (Phi) is 4.05. The average molecular weight is 306 g/mol. The quantitative estimate of drug-likeness (QED) is 0.799. The van der Waals surface area contributed by atoms with Crippen LogP contribution in [0.2, 0.25) is 0 Å². The van der Waals surface area contributed by atoms with E-state index in [1.54, 1.807) is 11.3 Å². The molecule has 3 heterocycles. The molecule has 3 amide bonds. The number of rotatable bonds is 4. The van der Waals surface area contributed by atoms with Crippen molar-refractivity contribution in [3.63, 3.8) is 0 Å². The van der Waals surface area contributed by atoms with Crippen LogP contribution >= 0.6 is 11.3 Å². The van der Waals surface area contributed by atoms with Gasteiger partial charge in [0.1, 0.15) is 0 Å². The highest BCUT2D eigenvalue weighted by atomic mass is 32.1. The monoisotopic (exact) mass is 306 g/mol. The summed E-state index contributed by atoms with van der Waals surface area (Å²) in [5.41, 5.74) is 0. The Bertz CT molecular complexity index is 539. The second kappa shape index (κ2) is 5.97. The van der Waals surface area contributed by atoms with Gasteiger partial charge in [0.15, 0.2) is 0 Å². The zero-order valence-electron chi connectivity index (χ0n) is 11.8. The molecule has 6 heteroatoms. The molecule has 0 bridgehead atoms. The molecule has 2 aliphatic rings. The van der Waals surface area contributed by atoms with Gasteiger partial charge in [0.25, 0.3) is 0 Å². The number of hydrogen-bond donors (Lipinski definition) is 0. The molecule has 1 aromatic heterocycles. The fraction of sp³-hybridized carbons (Fsp3) is 0.533. The maximum Gasteiger partial charge on any atom is 0.229 e. The summed E-state index contributed by atoms with van der Waals surface area (Å²) >= 11 is 1.67. The predicted molar refractivity (Wildman–Crippen MR) is 78.6 cm³/mol. The van der Waals surface area contributed by atoms with Crippen molar-refractivity contribution >= 4 is 29.1 Å². The third-order valence-corrected chi connectivity index (χ3v) is 5.12. The number of carbonyl (C=O) groups is 3. The van der Waals surface area contributed by atoms with Crippen molar-refractivity contribution in [2.75, 3.05) is 13.1 Å². The molecule has 0 aliphatic carbocycles. The van der Waals surface area contributed by atoms with Crippen LogP contribution in [0.15, 0.2) is 17.5 Å². The Labute approximate surface area is 127 Å². The van der Waals surface area contributed by atoms with Gasteiger partial charge in [0, 0.05) is 37.2 Å². The second-order valence-electron chi connectivity index (χ2n) is 5.45. The molecule has 2 saturated heterocycles. The van der Waals surface area contributed by atoms with Gasteiger partial charge in [0.2, 0.25) is 17.7 Å². The van der Waals surface area contributed by atoms with Crippen molar-refractivity contribution in [1.29, 1.82) is 0 Å². The highest BCUT2D eigenvalue weighted by Crippen LogP contribution is 2.34. The van der Waals surface area contributed by atoms with Gasteiger partial charge in [-0.25, -0.2) is 0 Å². The maximum absolute atomic E-state index is 12.4. The van der Waals surface area contributed by atoms with Crippen LogP contribution in [-0.2, 0) is 14.4 Å². The van der Waals surface area contributed by atoms with E-state index in [9.17, 15) is 14.4 Å². The van der Waals surface area contributed by atoms with Gasteiger partial charge in [0.05, 0.1) is 6.04 Å². The summed E-state index contributed by atoms with van der Waals surface area (Å²) in [6.45, 7) is 0.994. The Morgan fingerprint density at radius 3 is 2.71 bits per heavy atom. The SMILES string of the molecule is O=C1CCC(=O)N1CCC(=O)N1CCC[C@@H]1c1cccs1. The molecule has 1 atom stereocenters. The zero-order chi connectivity index (χ0) is 14.8. The van der Waals surface area contributed by atoms with Gasteiger partial charge in [-0.3, -0.25) is 19.3 Å². The molecule has 0 spiro atoms. The Morgan fingerprint density at radius 1 is 1.29 bits per heavy atom. The van der Waals surface area contributed by atoms with Crippen molar-refractivity contribution in [1.82, 2.24) is 9.80 Å². The van der Waals surface area contributed by atoms with Crippen LogP contribution in [0, 0.1) is 0 Å². The summed E-state index contributed by atoms with van der Waals surface area (Å²) in [7, 11) is 0. The molecule has 0 aromatic carbocycles. The third-order valence-electron chi connectivity index (χ3n) is 4.15. The molecule has 3 rings (SSSR count). The highest BCUT2D eigenvalue weighted by molar-refractivity contribution is 7.10. The van der Waals surface area contributed by atoms with Crippen molar-refractivity contribution in [2.24, 2.45) is 0 Å². The second-order valence-corrected chi connectivity index (χ2v) is 6.43. The minimum absolute atomic E-state index is 0.0402. The third kappa shape index (κ3) is 2.85. The van der Waals surface area contributed by atoms with Crippen LogP contribution < -0.4 is 0 Å². The van der Waals surface area contributed by atoms with Crippen LogP contribution in [0.1, 0.15) is 43.0 Å². The minimum Gasteiger partial charge on any atom is -0.335 e. The van der Waals surface area contributed by atoms with E-state index in [2.05, 4.69) is 6.07 Å². The summed E-state index contributed by atoms with van der Waals surface area (Å²) in [6.07, 6.45) is 2.81. The Morgan fingerprint density at radius 2 is 2.05 bits per heavy atom. The van der Waals surface area contributed by atoms with Gasteiger partial charge in [-0.05, 0) is 24.3 Å². The molecule has 5 nitrogen and oxygen atoms in total. The lowest BCUT2D eigenvalue weighted by Crippen LogP contribution is -2.36. The number of imide groups is 1. The van der Waals surface area contributed by atoms with E-state index in [-0.39, 0.29) is 49.6 Å². The van der Waals surface area contributed by atoms with Gasteiger partial charge in [-0.1, -0.05) is 6.07 Å². The van der Waals surface area contributed by atoms with E-state index in [0.717, 1.165) is 19.4 Å². The summed E-state index contributed by atoms with van der Waals surface area (Å²) < 4.78 is 0. The summed E-state index contributed by atoms with van der Waals surface area (Å²) in [5, 5.41) is 2.03. The number of nitrogens with zero attached hydrogens (tertiary/aromatic N) is 2. The maximum atomic E-state index is 12.4. The molecule has 1 aromatic rings. The number of hydrogen-bond acceptors (Lipinski definition) is 4. The van der Waals surface area contributed by atoms with Crippen LogP contribution in [-0.4, -0.2) is 40.6 Å². The lowest BCUT2D eigenvalue weighted by molar-refractivity contribution is -0.139. The van der Waals surface area contributed by atoms with Crippen LogP contribution in [0.3, 0.4) is 0 Å². The van der Waals surface area contributed by atoms with Crippen molar-refractivity contribution in [2.45, 2.75) is 38.1 Å². The Balaban J connectivity index is 1.60. The van der Waals surface area contributed by atoms with E-state index in [0.29, 0.717) is 0 Å². The largest absolute Gasteiger partial charge is 0.335 e. The van der Waals surface area contributed by atoms with Crippen LogP contribution in [0.5, 0.6) is 0 Å². The van der Waals surface area contributed by atoms with Crippen LogP contribution in [0.4, 0.5) is 0 Å². The first-order chi connectivity index (χ1) is 10.2. The van der Waals surface area contributed by atoms with E-state index >= 15 is 0 Å². The first-order valence-corrected chi connectivity index (χ1v) is 8.21. The average Bonchev–Trinajstić information content (AvgIpc) is 3.18. The molecular weight excluding hydrogens is 288 g/mol. The topological polar surface area (TPSA) is 57.7 Å². The molecule has 0 radical (unpaired) electrons. The van der Waals surface area contributed by atoms with Gasteiger partial charge in [-0.15, -0.1) is 11.3 Å². The smallest absolute Gasteiger partial charge is 0.229 e. The number of carbonyl (C=O) groups excluding carboxylic acids is 3. The molecule has 0 unspecified atom stereocenters. The van der Waals surface area contributed by atoms with Crippen molar-refractivity contribution in [3.05, 3.63) is 22.4 Å². The zero-order valence-corrected chi connectivity index (χ0v) is 12.6. The molecular formula is C15H18N2O3S. The van der Waals surface area contributed by atoms with Gasteiger partial charge >= 0.3 is 0 Å². The summed E-state index contributed by atoms with van der Waals surface area (Å²) in [4.78, 5) is 39.9. The van der Waals surface area contributed by atoms with E-state index < -0.39 is 0 Å². The highest BCUT2D eigenvalue weighted by Gasteiger charge is 2.33. The normalized spacial score (nSPS) is 22.4.